The Balaban J connectivity index is 2.25. The Morgan fingerprint density at radius 3 is 2.22 bits per heavy atom. The van der Waals surface area contributed by atoms with Crippen LogP contribution < -0.4 is 5.56 Å². The summed E-state index contributed by atoms with van der Waals surface area (Å²) in [4.78, 5) is 28.8. The molecular formula is C22H22N2O3. The van der Waals surface area contributed by atoms with Crippen LogP contribution in [0.25, 0.3) is 16.8 Å². The van der Waals surface area contributed by atoms with Crippen molar-refractivity contribution < 1.29 is 9.53 Å². The first kappa shape index (κ1) is 18.6. The molecule has 0 fully saturated rings. The molecule has 0 radical (unpaired) electrons. The SMILES string of the molecule is CCc1nc(=O)c(-c2ccccc2)c(CC)n1-c1ccc(C(=O)OC)cc1. The van der Waals surface area contributed by atoms with Crippen LogP contribution in [0.15, 0.2) is 59.4 Å². The lowest BCUT2D eigenvalue weighted by Crippen LogP contribution is -2.23. The lowest BCUT2D eigenvalue weighted by atomic mass is 10.0. The van der Waals surface area contributed by atoms with E-state index in [9.17, 15) is 9.59 Å². The number of aromatic nitrogens is 2. The van der Waals surface area contributed by atoms with Gasteiger partial charge in [0.2, 0.25) is 0 Å². The second-order valence-electron chi connectivity index (χ2n) is 6.10. The molecule has 1 heterocycles. The van der Waals surface area contributed by atoms with Gasteiger partial charge in [0.15, 0.2) is 0 Å². The van der Waals surface area contributed by atoms with E-state index in [1.165, 1.54) is 7.11 Å². The van der Waals surface area contributed by atoms with Crippen LogP contribution in [-0.2, 0) is 17.6 Å². The van der Waals surface area contributed by atoms with Gasteiger partial charge in [-0.1, -0.05) is 44.2 Å². The molecule has 5 heteroatoms. The maximum Gasteiger partial charge on any atom is 0.337 e. The van der Waals surface area contributed by atoms with Crippen molar-refractivity contribution in [3.05, 3.63) is 82.0 Å². The normalized spacial score (nSPS) is 10.6. The molecule has 0 aliphatic carbocycles. The van der Waals surface area contributed by atoms with E-state index >= 15 is 0 Å². The summed E-state index contributed by atoms with van der Waals surface area (Å²) in [6.45, 7) is 4.00. The molecule has 0 atom stereocenters. The first-order valence-electron chi connectivity index (χ1n) is 8.99. The summed E-state index contributed by atoms with van der Waals surface area (Å²) in [7, 11) is 1.36. The minimum absolute atomic E-state index is 0.211. The van der Waals surface area contributed by atoms with Gasteiger partial charge in [0.25, 0.3) is 5.56 Å². The molecule has 0 saturated carbocycles. The van der Waals surface area contributed by atoms with Gasteiger partial charge >= 0.3 is 5.97 Å². The zero-order valence-electron chi connectivity index (χ0n) is 15.7. The van der Waals surface area contributed by atoms with Gasteiger partial charge in [-0.15, -0.1) is 0 Å². The fourth-order valence-corrected chi connectivity index (χ4v) is 3.25. The molecule has 5 nitrogen and oxygen atoms in total. The van der Waals surface area contributed by atoms with E-state index in [2.05, 4.69) is 4.98 Å². The summed E-state index contributed by atoms with van der Waals surface area (Å²) in [6, 6.07) is 16.8. The number of methoxy groups -OCH3 is 1. The number of hydrogen-bond donors (Lipinski definition) is 0. The lowest BCUT2D eigenvalue weighted by molar-refractivity contribution is 0.0601. The fourth-order valence-electron chi connectivity index (χ4n) is 3.25. The summed E-state index contributed by atoms with van der Waals surface area (Å²) in [5.41, 5.74) is 3.51. The molecular weight excluding hydrogens is 340 g/mol. The number of rotatable bonds is 5. The average molecular weight is 362 g/mol. The van der Waals surface area contributed by atoms with Gasteiger partial charge in [-0.3, -0.25) is 4.79 Å². The maximum absolute atomic E-state index is 12.8. The van der Waals surface area contributed by atoms with Crippen molar-refractivity contribution in [1.29, 1.82) is 0 Å². The van der Waals surface area contributed by atoms with Gasteiger partial charge in [-0.05, 0) is 36.2 Å². The fraction of sp³-hybridized carbons (Fsp3) is 0.227. The van der Waals surface area contributed by atoms with Gasteiger partial charge in [0.05, 0.1) is 18.2 Å². The van der Waals surface area contributed by atoms with Gasteiger partial charge in [0, 0.05) is 17.8 Å². The molecule has 0 saturated heterocycles. The monoisotopic (exact) mass is 362 g/mol. The van der Waals surface area contributed by atoms with Crippen molar-refractivity contribution in [1.82, 2.24) is 9.55 Å². The van der Waals surface area contributed by atoms with Crippen LogP contribution in [0.2, 0.25) is 0 Å². The second kappa shape index (κ2) is 7.99. The molecule has 0 bridgehead atoms. The van der Waals surface area contributed by atoms with Crippen LogP contribution in [-0.4, -0.2) is 22.6 Å². The Morgan fingerprint density at radius 2 is 1.67 bits per heavy atom. The molecule has 1 aromatic heterocycles. The molecule has 0 spiro atoms. The van der Waals surface area contributed by atoms with Crippen LogP contribution in [0, 0.1) is 0 Å². The maximum atomic E-state index is 12.8. The van der Waals surface area contributed by atoms with Gasteiger partial charge < -0.3 is 9.30 Å². The van der Waals surface area contributed by atoms with Crippen molar-refractivity contribution in [2.75, 3.05) is 7.11 Å². The minimum atomic E-state index is -0.379. The minimum Gasteiger partial charge on any atom is -0.465 e. The highest BCUT2D eigenvalue weighted by atomic mass is 16.5. The molecule has 0 amide bonds. The Bertz CT molecular complexity index is 1010. The number of carbonyl (C=O) groups excluding carboxylic acids is 1. The number of nitrogens with zero attached hydrogens (tertiary/aromatic N) is 2. The van der Waals surface area contributed by atoms with E-state index < -0.39 is 0 Å². The summed E-state index contributed by atoms with van der Waals surface area (Å²) < 4.78 is 6.78. The number of esters is 1. The first-order valence-corrected chi connectivity index (χ1v) is 8.99. The molecule has 0 N–H and O–H groups in total. The van der Waals surface area contributed by atoms with Gasteiger partial charge in [-0.25, -0.2) is 4.79 Å². The highest BCUT2D eigenvalue weighted by Crippen LogP contribution is 2.24. The van der Waals surface area contributed by atoms with E-state index in [1.807, 2.05) is 60.9 Å². The second-order valence-corrected chi connectivity index (χ2v) is 6.10. The summed E-state index contributed by atoms with van der Waals surface area (Å²) in [6.07, 6.45) is 1.30. The number of ether oxygens (including phenoxy) is 1. The predicted molar refractivity (Wildman–Crippen MR) is 105 cm³/mol. The van der Waals surface area contributed by atoms with E-state index in [-0.39, 0.29) is 11.5 Å². The third-order valence-electron chi connectivity index (χ3n) is 4.52. The molecule has 0 unspecified atom stereocenters. The van der Waals surface area contributed by atoms with Crippen molar-refractivity contribution in [2.24, 2.45) is 0 Å². The molecule has 2 aromatic carbocycles. The van der Waals surface area contributed by atoms with Gasteiger partial charge in [0.1, 0.15) is 5.82 Å². The molecule has 0 aliphatic heterocycles. The van der Waals surface area contributed by atoms with Crippen molar-refractivity contribution in [3.63, 3.8) is 0 Å². The average Bonchev–Trinajstić information content (AvgIpc) is 2.72. The molecule has 0 aliphatic rings. The van der Waals surface area contributed by atoms with Crippen LogP contribution in [0.3, 0.4) is 0 Å². The summed E-state index contributed by atoms with van der Waals surface area (Å²) in [5.74, 6) is 0.318. The quantitative estimate of drug-likeness (QED) is 0.648. The predicted octanol–water partition coefficient (Wildman–Crippen LogP) is 3.81. The molecule has 138 valence electrons. The number of benzene rings is 2. The largest absolute Gasteiger partial charge is 0.465 e. The zero-order valence-corrected chi connectivity index (χ0v) is 15.7. The summed E-state index contributed by atoms with van der Waals surface area (Å²) >= 11 is 0. The number of aryl methyl sites for hydroxylation is 1. The van der Waals surface area contributed by atoms with Crippen LogP contribution in [0.1, 0.15) is 35.7 Å². The molecule has 27 heavy (non-hydrogen) atoms. The van der Waals surface area contributed by atoms with E-state index in [1.54, 1.807) is 12.1 Å². The zero-order chi connectivity index (χ0) is 19.4. The van der Waals surface area contributed by atoms with E-state index in [0.717, 1.165) is 16.9 Å². The number of carbonyl (C=O) groups is 1. The Morgan fingerprint density at radius 1 is 1.00 bits per heavy atom. The van der Waals surface area contributed by atoms with Crippen molar-refractivity contribution in [2.45, 2.75) is 26.7 Å². The Hall–Kier alpha value is -3.21. The van der Waals surface area contributed by atoms with Crippen molar-refractivity contribution >= 4 is 5.97 Å². The third kappa shape index (κ3) is 3.53. The van der Waals surface area contributed by atoms with E-state index in [4.69, 9.17) is 4.74 Å². The highest BCUT2D eigenvalue weighted by molar-refractivity contribution is 5.89. The highest BCUT2D eigenvalue weighted by Gasteiger charge is 2.18. The Kier molecular flexibility index (Phi) is 5.50. The van der Waals surface area contributed by atoms with Crippen molar-refractivity contribution in [3.8, 4) is 16.8 Å². The lowest BCUT2D eigenvalue weighted by Gasteiger charge is -2.20. The van der Waals surface area contributed by atoms with E-state index in [0.29, 0.717) is 29.8 Å². The molecule has 3 aromatic rings. The van der Waals surface area contributed by atoms with Crippen LogP contribution in [0.5, 0.6) is 0 Å². The molecule has 3 rings (SSSR count). The smallest absolute Gasteiger partial charge is 0.337 e. The van der Waals surface area contributed by atoms with Gasteiger partial charge in [-0.2, -0.15) is 4.98 Å². The standard InChI is InChI=1S/C22H22N2O3/c1-4-18-20(15-9-7-6-8-10-15)21(25)23-19(5-2)24(18)17-13-11-16(12-14-17)22(26)27-3/h6-14H,4-5H2,1-3H3. The topological polar surface area (TPSA) is 61.2 Å². The van der Waals surface area contributed by atoms with Crippen LogP contribution >= 0.6 is 0 Å². The summed E-state index contributed by atoms with van der Waals surface area (Å²) in [5, 5.41) is 0. The number of hydrogen-bond acceptors (Lipinski definition) is 4. The third-order valence-corrected chi connectivity index (χ3v) is 4.52. The Labute approximate surface area is 158 Å². The first-order chi connectivity index (χ1) is 13.1. The van der Waals surface area contributed by atoms with Crippen LogP contribution in [0.4, 0.5) is 0 Å².